The average molecular weight is 464 g/mol. The van der Waals surface area contributed by atoms with E-state index in [2.05, 4.69) is 5.32 Å². The molecule has 0 saturated heterocycles. The second kappa shape index (κ2) is 11.2. The SMILES string of the molecule is CCCCCC(CC(=O)Nc1cc(C(C)O)ccc1C(C)(C)C)c1ccccc1C(F)(F)F. The fraction of sp³-hybridized carbons (Fsp3) is 0.519. The third-order valence-corrected chi connectivity index (χ3v) is 5.90. The third kappa shape index (κ3) is 7.60. The zero-order chi connectivity index (χ0) is 24.8. The number of nitrogens with one attached hydrogen (secondary N) is 1. The van der Waals surface area contributed by atoms with E-state index in [0.29, 0.717) is 17.7 Å². The van der Waals surface area contributed by atoms with E-state index in [-0.39, 0.29) is 23.3 Å². The predicted molar refractivity (Wildman–Crippen MR) is 127 cm³/mol. The van der Waals surface area contributed by atoms with E-state index in [9.17, 15) is 23.1 Å². The van der Waals surface area contributed by atoms with Crippen LogP contribution in [0.4, 0.5) is 18.9 Å². The van der Waals surface area contributed by atoms with Crippen molar-refractivity contribution in [3.63, 3.8) is 0 Å². The molecule has 0 aromatic heterocycles. The van der Waals surface area contributed by atoms with Crippen LogP contribution in [0, 0.1) is 0 Å². The molecule has 3 nitrogen and oxygen atoms in total. The molecule has 0 aliphatic carbocycles. The van der Waals surface area contributed by atoms with Gasteiger partial charge in [-0.2, -0.15) is 13.2 Å². The van der Waals surface area contributed by atoms with Gasteiger partial charge >= 0.3 is 6.18 Å². The summed E-state index contributed by atoms with van der Waals surface area (Å²) in [6, 6.07) is 11.0. The molecule has 2 unspecified atom stereocenters. The molecule has 33 heavy (non-hydrogen) atoms. The number of halogens is 3. The highest BCUT2D eigenvalue weighted by Crippen LogP contribution is 2.39. The summed E-state index contributed by atoms with van der Waals surface area (Å²) in [5.74, 6) is -0.867. The molecule has 2 rings (SSSR count). The largest absolute Gasteiger partial charge is 0.416 e. The first-order valence-corrected chi connectivity index (χ1v) is 11.6. The van der Waals surface area contributed by atoms with Gasteiger partial charge in [0.1, 0.15) is 0 Å². The fourth-order valence-corrected chi connectivity index (χ4v) is 4.12. The van der Waals surface area contributed by atoms with E-state index < -0.39 is 23.8 Å². The monoisotopic (exact) mass is 463 g/mol. The Morgan fingerprint density at radius 3 is 2.27 bits per heavy atom. The van der Waals surface area contributed by atoms with E-state index in [1.54, 1.807) is 19.1 Å². The second-order valence-electron chi connectivity index (χ2n) is 9.76. The normalized spacial score (nSPS) is 14.1. The standard InChI is InChI=1S/C27H36F3NO2/c1-6-7-8-11-20(21-12-9-10-13-22(21)27(28,29)30)17-25(33)31-24-16-19(18(2)32)14-15-23(24)26(3,4)5/h9-10,12-16,18,20,32H,6-8,11,17H2,1-5H3,(H,31,33). The number of alkyl halides is 3. The van der Waals surface area contributed by atoms with Crippen molar-refractivity contribution in [1.29, 1.82) is 0 Å². The van der Waals surface area contributed by atoms with Gasteiger partial charge in [0.25, 0.3) is 0 Å². The summed E-state index contributed by atoms with van der Waals surface area (Å²) in [4.78, 5) is 13.1. The number of unbranched alkanes of at least 4 members (excludes halogenated alkanes) is 2. The Balaban J connectivity index is 2.36. The molecule has 2 N–H and O–H groups in total. The summed E-state index contributed by atoms with van der Waals surface area (Å²) in [5.41, 5.74) is 1.39. The second-order valence-corrected chi connectivity index (χ2v) is 9.76. The van der Waals surface area contributed by atoms with Crippen molar-refractivity contribution in [2.24, 2.45) is 0 Å². The van der Waals surface area contributed by atoms with Gasteiger partial charge < -0.3 is 10.4 Å². The molecule has 0 saturated carbocycles. The van der Waals surface area contributed by atoms with E-state index in [1.807, 2.05) is 39.8 Å². The van der Waals surface area contributed by atoms with Crippen LogP contribution < -0.4 is 5.32 Å². The van der Waals surface area contributed by atoms with Crippen LogP contribution >= 0.6 is 0 Å². The summed E-state index contributed by atoms with van der Waals surface area (Å²) >= 11 is 0. The highest BCUT2D eigenvalue weighted by atomic mass is 19.4. The van der Waals surface area contributed by atoms with Crippen LogP contribution in [0.5, 0.6) is 0 Å². The van der Waals surface area contributed by atoms with Crippen molar-refractivity contribution in [3.05, 3.63) is 64.7 Å². The van der Waals surface area contributed by atoms with Crippen molar-refractivity contribution in [1.82, 2.24) is 0 Å². The smallest absolute Gasteiger partial charge is 0.389 e. The molecular weight excluding hydrogens is 427 g/mol. The molecule has 0 radical (unpaired) electrons. The lowest BCUT2D eigenvalue weighted by molar-refractivity contribution is -0.138. The first kappa shape index (κ1) is 26.9. The fourth-order valence-electron chi connectivity index (χ4n) is 4.12. The number of anilines is 1. The van der Waals surface area contributed by atoms with E-state index in [0.717, 1.165) is 30.9 Å². The van der Waals surface area contributed by atoms with Crippen molar-refractivity contribution in [3.8, 4) is 0 Å². The quantitative estimate of drug-likeness (QED) is 0.374. The summed E-state index contributed by atoms with van der Waals surface area (Å²) in [5, 5.41) is 12.9. The van der Waals surface area contributed by atoms with Gasteiger partial charge in [0, 0.05) is 12.1 Å². The number of aliphatic hydroxyl groups excluding tert-OH is 1. The molecule has 2 aromatic carbocycles. The van der Waals surface area contributed by atoms with Crippen LogP contribution in [0.25, 0.3) is 0 Å². The molecule has 0 spiro atoms. The molecule has 0 bridgehead atoms. The Bertz CT molecular complexity index is 930. The van der Waals surface area contributed by atoms with Gasteiger partial charge in [0.05, 0.1) is 11.7 Å². The predicted octanol–water partition coefficient (Wildman–Crippen LogP) is 7.75. The van der Waals surface area contributed by atoms with Gasteiger partial charge in [-0.3, -0.25) is 4.79 Å². The van der Waals surface area contributed by atoms with E-state index in [1.165, 1.54) is 12.1 Å². The number of amides is 1. The molecule has 0 heterocycles. The number of benzene rings is 2. The molecule has 182 valence electrons. The van der Waals surface area contributed by atoms with Crippen molar-refractivity contribution >= 4 is 11.6 Å². The van der Waals surface area contributed by atoms with Crippen LogP contribution in [0.2, 0.25) is 0 Å². The summed E-state index contributed by atoms with van der Waals surface area (Å²) in [6.45, 7) is 9.75. The van der Waals surface area contributed by atoms with Crippen LogP contribution in [0.3, 0.4) is 0 Å². The minimum absolute atomic E-state index is 0.0424. The summed E-state index contributed by atoms with van der Waals surface area (Å²) in [7, 11) is 0. The average Bonchev–Trinajstić information content (AvgIpc) is 2.71. The number of rotatable bonds is 9. The molecule has 1 amide bonds. The Hall–Kier alpha value is -2.34. The first-order valence-electron chi connectivity index (χ1n) is 11.6. The lowest BCUT2D eigenvalue weighted by atomic mass is 9.84. The Morgan fingerprint density at radius 2 is 1.70 bits per heavy atom. The zero-order valence-electron chi connectivity index (χ0n) is 20.2. The van der Waals surface area contributed by atoms with Crippen molar-refractivity contribution in [2.45, 2.75) is 90.3 Å². The maximum Gasteiger partial charge on any atom is 0.416 e. The summed E-state index contributed by atoms with van der Waals surface area (Å²) < 4.78 is 41.0. The molecule has 6 heteroatoms. The molecule has 2 atom stereocenters. The molecular formula is C27H36F3NO2. The number of carbonyl (C=O) groups is 1. The van der Waals surface area contributed by atoms with Gasteiger partial charge in [-0.1, -0.05) is 77.3 Å². The van der Waals surface area contributed by atoms with E-state index >= 15 is 0 Å². The van der Waals surface area contributed by atoms with Gasteiger partial charge in [0.15, 0.2) is 0 Å². The van der Waals surface area contributed by atoms with Crippen molar-refractivity contribution < 1.29 is 23.1 Å². The zero-order valence-corrected chi connectivity index (χ0v) is 20.2. The number of hydrogen-bond acceptors (Lipinski definition) is 2. The van der Waals surface area contributed by atoms with Gasteiger partial charge in [-0.05, 0) is 53.5 Å². The first-order chi connectivity index (χ1) is 15.3. The van der Waals surface area contributed by atoms with Gasteiger partial charge in [-0.25, -0.2) is 0 Å². The number of aliphatic hydroxyl groups is 1. The Kier molecular flexibility index (Phi) is 9.12. The maximum atomic E-state index is 13.7. The van der Waals surface area contributed by atoms with Crippen LogP contribution in [-0.2, 0) is 16.4 Å². The van der Waals surface area contributed by atoms with Crippen molar-refractivity contribution in [2.75, 3.05) is 5.32 Å². The maximum absolute atomic E-state index is 13.7. The number of carbonyl (C=O) groups excluding carboxylic acids is 1. The molecule has 2 aromatic rings. The lowest BCUT2D eigenvalue weighted by Gasteiger charge is -2.25. The Labute approximate surface area is 195 Å². The van der Waals surface area contributed by atoms with Crippen LogP contribution in [-0.4, -0.2) is 11.0 Å². The van der Waals surface area contributed by atoms with Crippen LogP contribution in [0.1, 0.15) is 101 Å². The highest BCUT2D eigenvalue weighted by molar-refractivity contribution is 5.92. The van der Waals surface area contributed by atoms with Gasteiger partial charge in [-0.15, -0.1) is 0 Å². The highest BCUT2D eigenvalue weighted by Gasteiger charge is 2.35. The summed E-state index contributed by atoms with van der Waals surface area (Å²) in [6.07, 6.45) is -2.10. The third-order valence-electron chi connectivity index (χ3n) is 5.90. The lowest BCUT2D eigenvalue weighted by Crippen LogP contribution is -2.22. The Morgan fingerprint density at radius 1 is 1.03 bits per heavy atom. The minimum Gasteiger partial charge on any atom is -0.389 e. The van der Waals surface area contributed by atoms with E-state index in [4.69, 9.17) is 0 Å². The minimum atomic E-state index is -4.47. The topological polar surface area (TPSA) is 49.3 Å². The molecule has 0 aliphatic heterocycles. The molecule has 0 fully saturated rings. The van der Waals surface area contributed by atoms with Gasteiger partial charge in [0.2, 0.25) is 5.91 Å². The number of hydrogen-bond donors (Lipinski definition) is 2. The molecule has 0 aliphatic rings. The van der Waals surface area contributed by atoms with Crippen LogP contribution in [0.15, 0.2) is 42.5 Å².